The Kier molecular flexibility index (Phi) is 5.22. The molecule has 8 heteroatoms. The van der Waals surface area contributed by atoms with E-state index in [-0.39, 0.29) is 35.2 Å². The number of hydrogen-bond acceptors (Lipinski definition) is 6. The number of carbonyl (C=O) groups excluding carboxylic acids is 1. The molecule has 1 amide bonds. The molecule has 0 radical (unpaired) electrons. The molecule has 1 aromatic heterocycles. The van der Waals surface area contributed by atoms with E-state index in [1.54, 1.807) is 7.05 Å². The number of benzene rings is 1. The minimum Gasteiger partial charge on any atom is -0.362 e. The fourth-order valence-corrected chi connectivity index (χ4v) is 4.76. The van der Waals surface area contributed by atoms with Crippen LogP contribution in [0.5, 0.6) is 0 Å². The van der Waals surface area contributed by atoms with Gasteiger partial charge in [0.1, 0.15) is 11.5 Å². The van der Waals surface area contributed by atoms with Crippen LogP contribution in [0.2, 0.25) is 0 Å². The Labute approximate surface area is 153 Å². The van der Waals surface area contributed by atoms with E-state index in [4.69, 9.17) is 0 Å². The second-order valence-corrected chi connectivity index (χ2v) is 8.77. The van der Waals surface area contributed by atoms with Gasteiger partial charge >= 0.3 is 0 Å². The van der Waals surface area contributed by atoms with Crippen LogP contribution in [-0.4, -0.2) is 53.8 Å². The maximum atomic E-state index is 12.5. The predicted molar refractivity (Wildman–Crippen MR) is 99.7 cm³/mol. The first-order valence-electron chi connectivity index (χ1n) is 8.47. The van der Waals surface area contributed by atoms with Crippen molar-refractivity contribution in [1.82, 2.24) is 14.9 Å². The smallest absolute Gasteiger partial charge is 0.274 e. The van der Waals surface area contributed by atoms with Gasteiger partial charge in [0, 0.05) is 19.1 Å². The van der Waals surface area contributed by atoms with Crippen molar-refractivity contribution in [2.75, 3.05) is 23.9 Å². The highest BCUT2D eigenvalue weighted by atomic mass is 32.2. The maximum absolute atomic E-state index is 12.5. The molecule has 1 N–H and O–H groups in total. The molecule has 1 aliphatic heterocycles. The van der Waals surface area contributed by atoms with E-state index in [1.165, 1.54) is 17.3 Å². The van der Waals surface area contributed by atoms with Crippen molar-refractivity contribution >= 4 is 21.6 Å². The quantitative estimate of drug-likeness (QED) is 0.859. The molecular weight excluding hydrogens is 352 g/mol. The molecule has 26 heavy (non-hydrogen) atoms. The zero-order chi connectivity index (χ0) is 18.7. The molecule has 1 aliphatic rings. The lowest BCUT2D eigenvalue weighted by Crippen LogP contribution is -2.38. The van der Waals surface area contributed by atoms with Crippen molar-refractivity contribution in [1.29, 1.82) is 0 Å². The van der Waals surface area contributed by atoms with Crippen LogP contribution in [0.3, 0.4) is 0 Å². The van der Waals surface area contributed by atoms with E-state index in [1.807, 2.05) is 37.3 Å². The molecule has 138 valence electrons. The zero-order valence-corrected chi connectivity index (χ0v) is 15.6. The highest BCUT2D eigenvalue weighted by molar-refractivity contribution is 7.91. The number of carbonyl (C=O) groups is 1. The number of nitrogens with zero attached hydrogens (tertiary/aromatic N) is 3. The van der Waals surface area contributed by atoms with Crippen LogP contribution in [0.25, 0.3) is 0 Å². The van der Waals surface area contributed by atoms with Gasteiger partial charge in [-0.25, -0.2) is 18.4 Å². The summed E-state index contributed by atoms with van der Waals surface area (Å²) >= 11 is 0. The molecule has 2 unspecified atom stereocenters. The third-order valence-electron chi connectivity index (χ3n) is 4.61. The standard InChI is InChI=1S/C18H22N4O3S/c1-13(14-6-4-3-5-7-14)21-17-11-19-16(10-20-17)18(23)22(2)15-8-9-26(24,25)12-15/h3-7,10-11,13,15H,8-9,12H2,1-2H3,(H,20,21). The van der Waals surface area contributed by atoms with Crippen molar-refractivity contribution in [2.24, 2.45) is 0 Å². The Morgan fingerprint density at radius 2 is 1.96 bits per heavy atom. The Hall–Kier alpha value is -2.48. The Morgan fingerprint density at radius 1 is 1.23 bits per heavy atom. The molecule has 0 spiro atoms. The number of nitrogens with one attached hydrogen (secondary N) is 1. The largest absolute Gasteiger partial charge is 0.362 e. The van der Waals surface area contributed by atoms with Crippen molar-refractivity contribution in [3.05, 3.63) is 54.0 Å². The van der Waals surface area contributed by atoms with E-state index >= 15 is 0 Å². The normalized spacial score (nSPS) is 19.7. The fourth-order valence-electron chi connectivity index (χ4n) is 2.99. The molecule has 7 nitrogen and oxygen atoms in total. The molecule has 3 rings (SSSR count). The van der Waals surface area contributed by atoms with Gasteiger partial charge in [-0.2, -0.15) is 0 Å². The molecule has 0 aliphatic carbocycles. The average Bonchev–Trinajstić information content (AvgIpc) is 3.01. The van der Waals surface area contributed by atoms with Gasteiger partial charge in [0.15, 0.2) is 9.84 Å². The van der Waals surface area contributed by atoms with Crippen LogP contribution in [0, 0.1) is 0 Å². The lowest BCUT2D eigenvalue weighted by atomic mass is 10.1. The molecule has 2 aromatic rings. The van der Waals surface area contributed by atoms with Crippen molar-refractivity contribution < 1.29 is 13.2 Å². The van der Waals surface area contributed by atoms with Gasteiger partial charge < -0.3 is 10.2 Å². The van der Waals surface area contributed by atoms with E-state index in [9.17, 15) is 13.2 Å². The summed E-state index contributed by atoms with van der Waals surface area (Å²) in [5.74, 6) is 0.393. The number of rotatable bonds is 5. The van der Waals surface area contributed by atoms with Crippen molar-refractivity contribution in [3.63, 3.8) is 0 Å². The van der Waals surface area contributed by atoms with E-state index in [0.717, 1.165) is 5.56 Å². The highest BCUT2D eigenvalue weighted by Gasteiger charge is 2.33. The molecule has 1 saturated heterocycles. The molecule has 2 heterocycles. The summed E-state index contributed by atoms with van der Waals surface area (Å²) in [7, 11) is -1.43. The molecular formula is C18H22N4O3S. The average molecular weight is 374 g/mol. The summed E-state index contributed by atoms with van der Waals surface area (Å²) in [6.07, 6.45) is 3.40. The number of aromatic nitrogens is 2. The van der Waals surface area contributed by atoms with Gasteiger partial charge in [-0.05, 0) is 18.9 Å². The lowest BCUT2D eigenvalue weighted by molar-refractivity contribution is 0.0741. The summed E-state index contributed by atoms with van der Waals surface area (Å²) in [4.78, 5) is 22.4. The van der Waals surface area contributed by atoms with Gasteiger partial charge in [0.2, 0.25) is 0 Å². The van der Waals surface area contributed by atoms with Gasteiger partial charge in [-0.15, -0.1) is 0 Å². The molecule has 1 aromatic carbocycles. The van der Waals surface area contributed by atoms with Gasteiger partial charge in [0.05, 0.1) is 23.9 Å². The first-order chi connectivity index (χ1) is 12.4. The number of sulfone groups is 1. The summed E-state index contributed by atoms with van der Waals surface area (Å²) in [6.45, 7) is 2.02. The van der Waals surface area contributed by atoms with Crippen LogP contribution < -0.4 is 5.32 Å². The number of anilines is 1. The maximum Gasteiger partial charge on any atom is 0.274 e. The fraction of sp³-hybridized carbons (Fsp3) is 0.389. The summed E-state index contributed by atoms with van der Waals surface area (Å²) in [6, 6.07) is 9.70. The SMILES string of the molecule is CC(Nc1cnc(C(=O)N(C)C2CCS(=O)(=O)C2)cn1)c1ccccc1. The third kappa shape index (κ3) is 4.19. The molecule has 2 atom stereocenters. The minimum absolute atomic E-state index is 0.0108. The summed E-state index contributed by atoms with van der Waals surface area (Å²) in [5, 5.41) is 3.24. The third-order valence-corrected chi connectivity index (χ3v) is 6.36. The first kappa shape index (κ1) is 18.3. The molecule has 0 saturated carbocycles. The summed E-state index contributed by atoms with van der Waals surface area (Å²) < 4.78 is 23.2. The van der Waals surface area contributed by atoms with Crippen molar-refractivity contribution in [3.8, 4) is 0 Å². The van der Waals surface area contributed by atoms with Crippen LogP contribution in [0.1, 0.15) is 35.4 Å². The highest BCUT2D eigenvalue weighted by Crippen LogP contribution is 2.19. The lowest BCUT2D eigenvalue weighted by Gasteiger charge is -2.23. The molecule has 0 bridgehead atoms. The Balaban J connectivity index is 1.64. The first-order valence-corrected chi connectivity index (χ1v) is 10.3. The van der Waals surface area contributed by atoms with E-state index < -0.39 is 9.84 Å². The van der Waals surface area contributed by atoms with E-state index in [0.29, 0.717) is 12.2 Å². The van der Waals surface area contributed by atoms with E-state index in [2.05, 4.69) is 15.3 Å². The predicted octanol–water partition coefficient (Wildman–Crippen LogP) is 1.91. The van der Waals surface area contributed by atoms with Gasteiger partial charge in [0.25, 0.3) is 5.91 Å². The Morgan fingerprint density at radius 3 is 2.54 bits per heavy atom. The second kappa shape index (κ2) is 7.41. The second-order valence-electron chi connectivity index (χ2n) is 6.54. The molecule has 1 fully saturated rings. The summed E-state index contributed by atoms with van der Waals surface area (Å²) in [5.41, 5.74) is 1.33. The monoisotopic (exact) mass is 374 g/mol. The van der Waals surface area contributed by atoms with Crippen LogP contribution in [0.4, 0.5) is 5.82 Å². The number of hydrogen-bond donors (Lipinski definition) is 1. The minimum atomic E-state index is -3.04. The van der Waals surface area contributed by atoms with Gasteiger partial charge in [-0.3, -0.25) is 4.79 Å². The van der Waals surface area contributed by atoms with Crippen LogP contribution >= 0.6 is 0 Å². The topological polar surface area (TPSA) is 92.3 Å². The Bertz CT molecular complexity index is 869. The van der Waals surface area contributed by atoms with Gasteiger partial charge in [-0.1, -0.05) is 30.3 Å². The van der Waals surface area contributed by atoms with Crippen LogP contribution in [-0.2, 0) is 9.84 Å². The van der Waals surface area contributed by atoms with Crippen LogP contribution in [0.15, 0.2) is 42.7 Å². The number of amides is 1. The van der Waals surface area contributed by atoms with Crippen molar-refractivity contribution in [2.45, 2.75) is 25.4 Å². The zero-order valence-electron chi connectivity index (χ0n) is 14.8.